The number of rotatable bonds is 7. The molecule has 1 heterocycles. The third-order valence-corrected chi connectivity index (χ3v) is 7.14. The van der Waals surface area contributed by atoms with E-state index in [1.54, 1.807) is 23.1 Å². The summed E-state index contributed by atoms with van der Waals surface area (Å²) in [6.45, 7) is 0.986. The number of nitrogens with zero attached hydrogens (tertiary/aromatic N) is 1. The monoisotopic (exact) mass is 412 g/mol. The molecule has 0 radical (unpaired) electrons. The third kappa shape index (κ3) is 4.50. The van der Waals surface area contributed by atoms with Gasteiger partial charge in [-0.05, 0) is 48.6 Å². The fourth-order valence-electron chi connectivity index (χ4n) is 3.58. The van der Waals surface area contributed by atoms with E-state index in [4.69, 9.17) is 0 Å². The Morgan fingerprint density at radius 2 is 1.83 bits per heavy atom. The molecule has 1 aliphatic heterocycles. The number of hydrogen-bond donors (Lipinski definition) is 1. The van der Waals surface area contributed by atoms with Gasteiger partial charge in [-0.25, -0.2) is 8.42 Å². The maximum Gasteiger partial charge on any atom is 0.230 e. The second-order valence-electron chi connectivity index (χ2n) is 7.64. The van der Waals surface area contributed by atoms with Crippen LogP contribution in [0, 0.1) is 5.92 Å². The van der Waals surface area contributed by atoms with Crippen molar-refractivity contribution < 1.29 is 18.0 Å². The molecule has 2 amide bonds. The lowest BCUT2D eigenvalue weighted by Crippen LogP contribution is -2.30. The molecule has 0 spiro atoms. The highest BCUT2D eigenvalue weighted by atomic mass is 32.2. The molecule has 1 aliphatic carbocycles. The summed E-state index contributed by atoms with van der Waals surface area (Å²) in [5.41, 5.74) is 2.67. The molecule has 1 N–H and O–H groups in total. The molecule has 4 rings (SSSR count). The van der Waals surface area contributed by atoms with Gasteiger partial charge in [0.05, 0.1) is 10.6 Å². The highest BCUT2D eigenvalue weighted by Crippen LogP contribution is 2.37. The Morgan fingerprint density at radius 3 is 2.55 bits per heavy atom. The molecule has 0 aromatic heterocycles. The van der Waals surface area contributed by atoms with Crippen LogP contribution in [0.25, 0.3) is 0 Å². The van der Waals surface area contributed by atoms with Crippen molar-refractivity contribution in [2.24, 2.45) is 5.92 Å². The lowest BCUT2D eigenvalue weighted by Gasteiger charge is -2.17. The second-order valence-corrected chi connectivity index (χ2v) is 9.75. The summed E-state index contributed by atoms with van der Waals surface area (Å²) in [5, 5.41) is 2.75. The van der Waals surface area contributed by atoms with Gasteiger partial charge < -0.3 is 10.2 Å². The zero-order valence-corrected chi connectivity index (χ0v) is 17.0. The van der Waals surface area contributed by atoms with E-state index >= 15 is 0 Å². The van der Waals surface area contributed by atoms with Gasteiger partial charge in [0.1, 0.15) is 0 Å². The van der Waals surface area contributed by atoms with Crippen LogP contribution >= 0.6 is 0 Å². The molecule has 0 unspecified atom stereocenters. The molecular weight excluding hydrogens is 388 g/mol. The predicted molar refractivity (Wildman–Crippen MR) is 110 cm³/mol. The Kier molecular flexibility index (Phi) is 5.41. The van der Waals surface area contributed by atoms with Crippen LogP contribution in [0.1, 0.15) is 30.4 Å². The van der Waals surface area contributed by atoms with Crippen molar-refractivity contribution in [3.05, 3.63) is 59.7 Å². The van der Waals surface area contributed by atoms with Crippen LogP contribution in [-0.4, -0.2) is 32.5 Å². The molecule has 2 aliphatic rings. The number of benzene rings is 2. The first kappa shape index (κ1) is 19.6. The van der Waals surface area contributed by atoms with Crippen molar-refractivity contribution in [3.8, 4) is 0 Å². The van der Waals surface area contributed by atoms with Crippen LogP contribution in [0.3, 0.4) is 0 Å². The summed E-state index contributed by atoms with van der Waals surface area (Å²) in [5.74, 6) is -0.245. The van der Waals surface area contributed by atoms with Crippen molar-refractivity contribution in [2.45, 2.75) is 37.1 Å². The summed E-state index contributed by atoms with van der Waals surface area (Å²) in [6, 6.07) is 14.4. The van der Waals surface area contributed by atoms with Crippen LogP contribution < -0.4 is 10.2 Å². The largest absolute Gasteiger partial charge is 0.352 e. The van der Waals surface area contributed by atoms with Gasteiger partial charge in [0.15, 0.2) is 9.84 Å². The molecule has 0 saturated heterocycles. The van der Waals surface area contributed by atoms with Crippen molar-refractivity contribution in [3.63, 3.8) is 0 Å². The van der Waals surface area contributed by atoms with Crippen LogP contribution in [0.15, 0.2) is 53.4 Å². The van der Waals surface area contributed by atoms with Gasteiger partial charge in [0.2, 0.25) is 11.8 Å². The maximum absolute atomic E-state index is 12.7. The maximum atomic E-state index is 12.7. The van der Waals surface area contributed by atoms with Crippen molar-refractivity contribution in [1.29, 1.82) is 0 Å². The highest BCUT2D eigenvalue weighted by Gasteiger charge is 2.36. The lowest BCUT2D eigenvalue weighted by atomic mass is 10.2. The van der Waals surface area contributed by atoms with Crippen LogP contribution in [-0.2, 0) is 32.4 Å². The van der Waals surface area contributed by atoms with E-state index in [2.05, 4.69) is 5.32 Å². The van der Waals surface area contributed by atoms with Gasteiger partial charge in [-0.3, -0.25) is 9.59 Å². The van der Waals surface area contributed by atoms with E-state index in [9.17, 15) is 18.0 Å². The van der Waals surface area contributed by atoms with Gasteiger partial charge in [-0.1, -0.05) is 30.3 Å². The first-order valence-electron chi connectivity index (χ1n) is 9.92. The lowest BCUT2D eigenvalue weighted by molar-refractivity contribution is -0.121. The SMILES string of the molecule is O=C(CCS(=O)(=O)c1ccc2c(c1)CCN2C(=O)C1CC1)NCc1ccccc1. The Morgan fingerprint density at radius 1 is 1.07 bits per heavy atom. The number of carbonyl (C=O) groups is 2. The number of amides is 2. The molecule has 2 aromatic rings. The van der Waals surface area contributed by atoms with E-state index in [0.29, 0.717) is 19.5 Å². The topological polar surface area (TPSA) is 83.6 Å². The van der Waals surface area contributed by atoms with Gasteiger partial charge >= 0.3 is 0 Å². The van der Waals surface area contributed by atoms with Crippen LogP contribution in [0.2, 0.25) is 0 Å². The number of sulfone groups is 1. The van der Waals surface area contributed by atoms with Gasteiger partial charge in [-0.2, -0.15) is 0 Å². The molecule has 1 fully saturated rings. The number of hydrogen-bond acceptors (Lipinski definition) is 4. The standard InChI is InChI=1S/C22H24N2O4S/c25-21(23-15-16-4-2-1-3-5-16)11-13-29(27,28)19-8-9-20-18(14-19)10-12-24(20)22(26)17-6-7-17/h1-5,8-9,14,17H,6-7,10-13,15H2,(H,23,25). The molecule has 152 valence electrons. The molecule has 2 aromatic carbocycles. The van der Waals surface area contributed by atoms with Crippen molar-refractivity contribution in [1.82, 2.24) is 5.32 Å². The van der Waals surface area contributed by atoms with Gasteiger partial charge in [0, 0.05) is 31.1 Å². The highest BCUT2D eigenvalue weighted by molar-refractivity contribution is 7.91. The Labute approximate surface area is 170 Å². The Hall–Kier alpha value is -2.67. The number of carbonyl (C=O) groups excluding carboxylic acids is 2. The summed E-state index contributed by atoms with van der Waals surface area (Å²) in [4.78, 5) is 26.4. The average Bonchev–Trinajstić information content (AvgIpc) is 3.50. The minimum atomic E-state index is -3.57. The molecule has 7 heteroatoms. The Balaban J connectivity index is 1.36. The van der Waals surface area contributed by atoms with Crippen LogP contribution in [0.5, 0.6) is 0 Å². The number of anilines is 1. The summed E-state index contributed by atoms with van der Waals surface area (Å²) in [6.07, 6.45) is 2.47. The summed E-state index contributed by atoms with van der Waals surface area (Å²) in [7, 11) is -3.57. The predicted octanol–water partition coefficient (Wildman–Crippen LogP) is 2.47. The van der Waals surface area contributed by atoms with Gasteiger partial charge in [0.25, 0.3) is 0 Å². The molecule has 29 heavy (non-hydrogen) atoms. The third-order valence-electron chi connectivity index (χ3n) is 5.43. The fourth-order valence-corrected chi connectivity index (χ4v) is 4.87. The number of nitrogens with one attached hydrogen (secondary N) is 1. The quantitative estimate of drug-likeness (QED) is 0.757. The first-order chi connectivity index (χ1) is 13.9. The Bertz CT molecular complexity index is 1030. The van der Waals surface area contributed by atoms with Crippen LogP contribution in [0.4, 0.5) is 5.69 Å². The zero-order valence-electron chi connectivity index (χ0n) is 16.1. The van der Waals surface area contributed by atoms with Gasteiger partial charge in [-0.15, -0.1) is 0 Å². The minimum absolute atomic E-state index is 0.0848. The zero-order chi connectivity index (χ0) is 20.4. The molecular formula is C22H24N2O4S. The van der Waals surface area contributed by atoms with E-state index < -0.39 is 9.84 Å². The second kappa shape index (κ2) is 7.99. The minimum Gasteiger partial charge on any atom is -0.352 e. The van der Waals surface area contributed by atoms with E-state index in [-0.39, 0.29) is 34.8 Å². The van der Waals surface area contributed by atoms with Crippen molar-refractivity contribution >= 4 is 27.3 Å². The van der Waals surface area contributed by atoms with E-state index in [1.165, 1.54) is 0 Å². The van der Waals surface area contributed by atoms with E-state index in [1.807, 2.05) is 30.3 Å². The molecule has 0 bridgehead atoms. The normalized spacial score (nSPS) is 15.8. The molecule has 6 nitrogen and oxygen atoms in total. The number of fused-ring (bicyclic) bond motifs is 1. The average molecular weight is 413 g/mol. The van der Waals surface area contributed by atoms with E-state index in [0.717, 1.165) is 29.7 Å². The molecule has 0 atom stereocenters. The van der Waals surface area contributed by atoms with Crippen molar-refractivity contribution in [2.75, 3.05) is 17.2 Å². The fraction of sp³-hybridized carbons (Fsp3) is 0.364. The smallest absolute Gasteiger partial charge is 0.230 e. The summed E-state index contributed by atoms with van der Waals surface area (Å²) < 4.78 is 25.4. The summed E-state index contributed by atoms with van der Waals surface area (Å²) >= 11 is 0. The molecule has 1 saturated carbocycles. The first-order valence-corrected chi connectivity index (χ1v) is 11.6.